The molecule has 0 spiro atoms. The van der Waals surface area contributed by atoms with Crippen molar-refractivity contribution in [3.05, 3.63) is 63.6 Å². The van der Waals surface area contributed by atoms with Gasteiger partial charge in [0.1, 0.15) is 6.04 Å². The second-order valence-corrected chi connectivity index (χ2v) is 8.05. The van der Waals surface area contributed by atoms with Crippen LogP contribution in [-0.4, -0.2) is 29.9 Å². The van der Waals surface area contributed by atoms with Gasteiger partial charge in [0.2, 0.25) is 0 Å². The monoisotopic (exact) mass is 450 g/mol. The minimum atomic E-state index is -1.10. The Kier molecular flexibility index (Phi) is 8.26. The normalized spacial score (nSPS) is 12.8. The first-order valence-electron chi connectivity index (χ1n) is 9.43. The molecule has 0 bridgehead atoms. The highest BCUT2D eigenvalue weighted by atomic mass is 35.5. The first kappa shape index (κ1) is 23.7. The molecule has 8 heteroatoms. The molecule has 0 saturated carbocycles. The molecule has 0 heterocycles. The number of hydrogen-bond donors (Lipinski definition) is 2. The van der Waals surface area contributed by atoms with Crippen LogP contribution in [0.5, 0.6) is 0 Å². The van der Waals surface area contributed by atoms with Gasteiger partial charge in [-0.25, -0.2) is 4.79 Å². The Labute approximate surface area is 185 Å². The van der Waals surface area contributed by atoms with Crippen LogP contribution < -0.4 is 10.6 Å². The maximum atomic E-state index is 12.7. The zero-order valence-electron chi connectivity index (χ0n) is 17.2. The summed E-state index contributed by atoms with van der Waals surface area (Å²) in [5.41, 5.74) is 1.61. The van der Waals surface area contributed by atoms with Crippen molar-refractivity contribution >= 4 is 46.7 Å². The lowest BCUT2D eigenvalue weighted by atomic mass is 10.0. The number of halogens is 2. The van der Waals surface area contributed by atoms with Crippen molar-refractivity contribution in [3.63, 3.8) is 0 Å². The fourth-order valence-corrected chi connectivity index (χ4v) is 3.13. The molecule has 2 aromatic carbocycles. The highest BCUT2D eigenvalue weighted by Crippen LogP contribution is 2.25. The summed E-state index contributed by atoms with van der Waals surface area (Å²) in [5, 5.41) is 5.99. The number of hydrogen-bond acceptors (Lipinski definition) is 4. The summed E-state index contributed by atoms with van der Waals surface area (Å²) >= 11 is 11.9. The number of ether oxygens (including phenoxy) is 1. The Hall–Kier alpha value is -2.57. The summed E-state index contributed by atoms with van der Waals surface area (Å²) in [5.74, 6) is -1.88. The van der Waals surface area contributed by atoms with Gasteiger partial charge in [0.15, 0.2) is 6.10 Å². The van der Waals surface area contributed by atoms with Gasteiger partial charge in [-0.2, -0.15) is 0 Å². The first-order valence-corrected chi connectivity index (χ1v) is 10.2. The molecule has 2 atom stereocenters. The third kappa shape index (κ3) is 6.21. The van der Waals surface area contributed by atoms with Crippen molar-refractivity contribution in [3.8, 4) is 0 Å². The van der Waals surface area contributed by atoms with E-state index in [0.29, 0.717) is 16.3 Å². The van der Waals surface area contributed by atoms with Gasteiger partial charge in [-0.1, -0.05) is 55.2 Å². The molecule has 6 nitrogen and oxygen atoms in total. The highest BCUT2D eigenvalue weighted by molar-refractivity contribution is 6.36. The number of esters is 1. The molecular formula is C22H24Cl2N2O4. The van der Waals surface area contributed by atoms with Crippen molar-refractivity contribution in [2.24, 2.45) is 5.92 Å². The van der Waals surface area contributed by atoms with E-state index in [1.54, 1.807) is 38.1 Å². The van der Waals surface area contributed by atoms with Crippen molar-refractivity contribution in [1.29, 1.82) is 0 Å². The van der Waals surface area contributed by atoms with E-state index in [1.165, 1.54) is 13.0 Å². The van der Waals surface area contributed by atoms with E-state index in [2.05, 4.69) is 10.6 Å². The van der Waals surface area contributed by atoms with Gasteiger partial charge in [-0.05, 0) is 49.6 Å². The van der Waals surface area contributed by atoms with Crippen LogP contribution in [0.15, 0.2) is 42.5 Å². The minimum Gasteiger partial charge on any atom is -0.451 e. The molecule has 0 saturated heterocycles. The molecule has 2 rings (SSSR count). The van der Waals surface area contributed by atoms with Gasteiger partial charge in [-0.3, -0.25) is 9.59 Å². The maximum Gasteiger partial charge on any atom is 0.329 e. The van der Waals surface area contributed by atoms with E-state index in [1.807, 2.05) is 19.1 Å². The molecule has 0 aromatic heterocycles. The lowest BCUT2D eigenvalue weighted by Gasteiger charge is -2.23. The van der Waals surface area contributed by atoms with Crippen molar-refractivity contribution < 1.29 is 19.1 Å². The standard InChI is InChI=1S/C22H24Cl2N2O4/c1-12(2)19(26-21(28)16-8-6-5-7-13(16)3)22(29)30-14(4)20(27)25-18-10-9-15(23)11-17(18)24/h5-12,14,19H,1-4H3,(H,25,27)(H,26,28)/t14?,19-/m0/s1. The molecule has 2 amide bonds. The maximum absolute atomic E-state index is 12.7. The molecule has 160 valence electrons. The van der Waals surface area contributed by atoms with Crippen LogP contribution in [0.4, 0.5) is 5.69 Å². The molecule has 2 aromatic rings. The topological polar surface area (TPSA) is 84.5 Å². The number of benzene rings is 2. The summed E-state index contributed by atoms with van der Waals surface area (Å²) in [6, 6.07) is 10.8. The van der Waals surface area contributed by atoms with E-state index in [-0.39, 0.29) is 16.8 Å². The second-order valence-electron chi connectivity index (χ2n) is 7.20. The minimum absolute atomic E-state index is 0.244. The Morgan fingerprint density at radius 1 is 1.00 bits per heavy atom. The predicted molar refractivity (Wildman–Crippen MR) is 118 cm³/mol. The van der Waals surface area contributed by atoms with E-state index in [0.717, 1.165) is 5.56 Å². The molecule has 2 N–H and O–H groups in total. The Morgan fingerprint density at radius 3 is 2.27 bits per heavy atom. The fraction of sp³-hybridized carbons (Fsp3) is 0.318. The van der Waals surface area contributed by atoms with E-state index >= 15 is 0 Å². The van der Waals surface area contributed by atoms with Crippen LogP contribution in [0, 0.1) is 12.8 Å². The zero-order chi connectivity index (χ0) is 22.4. The third-order valence-corrected chi connectivity index (χ3v) is 5.00. The number of rotatable bonds is 7. The van der Waals surface area contributed by atoms with E-state index in [9.17, 15) is 14.4 Å². The molecule has 30 heavy (non-hydrogen) atoms. The van der Waals surface area contributed by atoms with Crippen LogP contribution in [0.2, 0.25) is 10.0 Å². The summed E-state index contributed by atoms with van der Waals surface area (Å²) in [4.78, 5) is 37.6. The molecule has 0 radical (unpaired) electrons. The van der Waals surface area contributed by atoms with Gasteiger partial charge in [0.05, 0.1) is 10.7 Å². The molecule has 1 unspecified atom stereocenters. The van der Waals surface area contributed by atoms with Gasteiger partial charge >= 0.3 is 5.97 Å². The fourth-order valence-electron chi connectivity index (χ4n) is 2.67. The summed E-state index contributed by atoms with van der Waals surface area (Å²) in [7, 11) is 0. The van der Waals surface area contributed by atoms with Crippen LogP contribution >= 0.6 is 23.2 Å². The summed E-state index contributed by atoms with van der Waals surface area (Å²) in [6.45, 7) is 6.81. The van der Waals surface area contributed by atoms with Crippen molar-refractivity contribution in [2.45, 2.75) is 39.8 Å². The Bertz CT molecular complexity index is 946. The SMILES string of the molecule is Cc1ccccc1C(=O)N[C@H](C(=O)OC(C)C(=O)Nc1ccc(Cl)cc1Cl)C(C)C. The molecule has 0 fully saturated rings. The number of carbonyl (C=O) groups is 3. The van der Waals surface area contributed by atoms with Crippen LogP contribution in [0.25, 0.3) is 0 Å². The predicted octanol–water partition coefficient (Wildman–Crippen LogP) is 4.63. The smallest absolute Gasteiger partial charge is 0.329 e. The van der Waals surface area contributed by atoms with Crippen molar-refractivity contribution in [2.75, 3.05) is 5.32 Å². The van der Waals surface area contributed by atoms with Gasteiger partial charge in [0.25, 0.3) is 11.8 Å². The first-order chi connectivity index (χ1) is 14.1. The second kappa shape index (κ2) is 10.5. The Balaban J connectivity index is 2.03. The zero-order valence-corrected chi connectivity index (χ0v) is 18.7. The van der Waals surface area contributed by atoms with Crippen molar-refractivity contribution in [1.82, 2.24) is 5.32 Å². The van der Waals surface area contributed by atoms with Gasteiger partial charge < -0.3 is 15.4 Å². The quantitative estimate of drug-likeness (QED) is 0.602. The average molecular weight is 451 g/mol. The summed E-state index contributed by atoms with van der Waals surface area (Å²) < 4.78 is 5.30. The summed E-state index contributed by atoms with van der Waals surface area (Å²) in [6.07, 6.45) is -1.10. The number of nitrogens with one attached hydrogen (secondary N) is 2. The molecule has 0 aliphatic carbocycles. The lowest BCUT2D eigenvalue weighted by molar-refractivity contribution is -0.156. The van der Waals surface area contributed by atoms with E-state index < -0.39 is 24.0 Å². The number of anilines is 1. The molecular weight excluding hydrogens is 427 g/mol. The number of aryl methyl sites for hydroxylation is 1. The van der Waals surface area contributed by atoms with Crippen LogP contribution in [0.3, 0.4) is 0 Å². The van der Waals surface area contributed by atoms with Gasteiger partial charge in [0, 0.05) is 10.6 Å². The third-order valence-electron chi connectivity index (χ3n) is 4.45. The highest BCUT2D eigenvalue weighted by Gasteiger charge is 2.29. The molecule has 0 aliphatic rings. The van der Waals surface area contributed by atoms with Gasteiger partial charge in [-0.15, -0.1) is 0 Å². The van der Waals surface area contributed by atoms with E-state index in [4.69, 9.17) is 27.9 Å². The number of amides is 2. The Morgan fingerprint density at radius 2 is 1.67 bits per heavy atom. The van der Waals surface area contributed by atoms with Crippen LogP contribution in [0.1, 0.15) is 36.7 Å². The lowest BCUT2D eigenvalue weighted by Crippen LogP contribution is -2.47. The largest absolute Gasteiger partial charge is 0.451 e. The molecule has 0 aliphatic heterocycles. The average Bonchev–Trinajstić information content (AvgIpc) is 2.67. The number of carbonyl (C=O) groups excluding carboxylic acids is 3. The van der Waals surface area contributed by atoms with Crippen LogP contribution in [-0.2, 0) is 14.3 Å².